The molecular weight excluding hydrogens is 562 g/mol. The van der Waals surface area contributed by atoms with Crippen molar-refractivity contribution in [1.29, 1.82) is 0 Å². The quantitative estimate of drug-likeness (QED) is 0.287. The maximum atomic E-state index is 13.5. The first-order valence-electron chi connectivity index (χ1n) is 15.4. The van der Waals surface area contributed by atoms with Gasteiger partial charge < -0.3 is 33.9 Å². The number of carbonyl (C=O) groups is 2. The minimum atomic E-state index is -0.931. The lowest BCUT2D eigenvalue weighted by Crippen LogP contribution is -2.53. The molecule has 1 aliphatic carbocycles. The highest BCUT2D eigenvalue weighted by Gasteiger charge is 2.53. The van der Waals surface area contributed by atoms with Crippen molar-refractivity contribution >= 4 is 34.0 Å². The summed E-state index contributed by atoms with van der Waals surface area (Å²) in [7, 11) is 1.50. The number of para-hydroxylation sites is 1. The van der Waals surface area contributed by atoms with E-state index in [4.69, 9.17) is 23.9 Å². The Kier molecular flexibility index (Phi) is 8.55. The van der Waals surface area contributed by atoms with Gasteiger partial charge in [-0.3, -0.25) is 0 Å². The molecule has 1 aromatic heterocycles. The summed E-state index contributed by atoms with van der Waals surface area (Å²) in [6.45, 7) is 15.4. The van der Waals surface area contributed by atoms with Crippen molar-refractivity contribution in [2.24, 2.45) is 5.41 Å². The van der Waals surface area contributed by atoms with E-state index in [0.29, 0.717) is 66.1 Å². The summed E-state index contributed by atoms with van der Waals surface area (Å²) in [4.78, 5) is 35.0. The molecule has 0 saturated carbocycles. The van der Waals surface area contributed by atoms with Crippen molar-refractivity contribution in [3.05, 3.63) is 47.2 Å². The number of carbonyl (C=O) groups excluding carboxylic acids is 2. The number of aromatic nitrogens is 1. The standard InChI is InChI=1S/C34H43N3O7/c1-9-36(10-2)32(39)43-29-24-19(5)25-26-21(17-20-15-13-14-16-22(20)35-26)27(38)30(41-8)28(25)42-23(24)18-34(6,7)31(29)44-33(40)37(11-3)12-4/h13-17,19,29,31,38H,9-12,18H2,1-8H3. The van der Waals surface area contributed by atoms with Crippen molar-refractivity contribution in [3.63, 3.8) is 0 Å². The summed E-state index contributed by atoms with van der Waals surface area (Å²) in [5, 5.41) is 12.8. The fourth-order valence-corrected chi connectivity index (χ4v) is 6.54. The van der Waals surface area contributed by atoms with Crippen LogP contribution in [-0.4, -0.2) is 77.6 Å². The number of nitrogens with zero attached hydrogens (tertiary/aromatic N) is 3. The number of benzene rings is 2. The maximum Gasteiger partial charge on any atom is 0.410 e. The molecule has 2 amide bonds. The van der Waals surface area contributed by atoms with Gasteiger partial charge in [0, 0.05) is 65.8 Å². The van der Waals surface area contributed by atoms with Gasteiger partial charge in [-0.15, -0.1) is 0 Å². The zero-order valence-corrected chi connectivity index (χ0v) is 26.9. The van der Waals surface area contributed by atoms with Gasteiger partial charge >= 0.3 is 12.2 Å². The van der Waals surface area contributed by atoms with E-state index in [1.54, 1.807) is 9.80 Å². The largest absolute Gasteiger partial charge is 0.504 e. The van der Waals surface area contributed by atoms with Crippen LogP contribution in [0, 0.1) is 5.41 Å². The van der Waals surface area contributed by atoms with Crippen LogP contribution in [0.4, 0.5) is 9.59 Å². The molecule has 1 N–H and O–H groups in total. The minimum Gasteiger partial charge on any atom is -0.504 e. The van der Waals surface area contributed by atoms with Crippen molar-refractivity contribution in [3.8, 4) is 17.2 Å². The Labute approximate surface area is 258 Å². The number of ether oxygens (including phenoxy) is 4. The van der Waals surface area contributed by atoms with Crippen LogP contribution in [0.2, 0.25) is 0 Å². The topological polar surface area (TPSA) is 111 Å². The van der Waals surface area contributed by atoms with Crippen LogP contribution in [0.3, 0.4) is 0 Å². The van der Waals surface area contributed by atoms with Crippen LogP contribution >= 0.6 is 0 Å². The number of fused-ring (bicyclic) bond motifs is 4. The lowest BCUT2D eigenvalue weighted by Gasteiger charge is -2.47. The predicted molar refractivity (Wildman–Crippen MR) is 168 cm³/mol. The van der Waals surface area contributed by atoms with Crippen LogP contribution in [0.1, 0.15) is 66.4 Å². The molecule has 44 heavy (non-hydrogen) atoms. The van der Waals surface area contributed by atoms with Crippen molar-refractivity contribution in [2.45, 2.75) is 73.0 Å². The number of methoxy groups -OCH3 is 1. The summed E-state index contributed by atoms with van der Waals surface area (Å²) in [6, 6.07) is 9.58. The Balaban J connectivity index is 1.72. The first-order chi connectivity index (χ1) is 21.0. The number of hydrogen-bond acceptors (Lipinski definition) is 8. The van der Waals surface area contributed by atoms with Crippen LogP contribution in [-0.2, 0) is 9.47 Å². The number of phenols is 1. The normalized spacial score (nSPS) is 20.4. The van der Waals surface area contributed by atoms with Crippen molar-refractivity contribution in [2.75, 3.05) is 33.3 Å². The van der Waals surface area contributed by atoms with E-state index in [0.717, 1.165) is 10.9 Å². The van der Waals surface area contributed by atoms with Crippen LogP contribution in [0.5, 0.6) is 17.2 Å². The Hall–Kier alpha value is -4.21. The molecule has 236 valence electrons. The number of hydrogen-bond donors (Lipinski definition) is 1. The molecule has 0 saturated heterocycles. The van der Waals surface area contributed by atoms with Gasteiger partial charge in [0.25, 0.3) is 0 Å². The SMILES string of the molecule is CCN(CC)C(=O)OC1C2=C(CC(C)(C)C1OC(=O)N(CC)CC)Oc1c(OC)c(O)c3cc4ccccc4nc3c1C2C. The smallest absolute Gasteiger partial charge is 0.410 e. The highest BCUT2D eigenvalue weighted by Crippen LogP contribution is 2.57. The molecule has 3 atom stereocenters. The molecule has 3 aromatic rings. The lowest BCUT2D eigenvalue weighted by atomic mass is 9.68. The van der Waals surface area contributed by atoms with E-state index in [2.05, 4.69) is 0 Å². The molecule has 0 radical (unpaired) electrons. The molecule has 10 nitrogen and oxygen atoms in total. The van der Waals surface area contributed by atoms with E-state index < -0.39 is 29.8 Å². The summed E-state index contributed by atoms with van der Waals surface area (Å²) in [5.41, 5.74) is 2.06. The second-order valence-electron chi connectivity index (χ2n) is 12.0. The molecule has 2 aliphatic rings. The predicted octanol–water partition coefficient (Wildman–Crippen LogP) is 6.98. The Morgan fingerprint density at radius 2 is 1.64 bits per heavy atom. The summed E-state index contributed by atoms with van der Waals surface area (Å²) in [6.07, 6.45) is -2.28. The fraction of sp³-hybridized carbons (Fsp3) is 0.500. The monoisotopic (exact) mass is 605 g/mol. The van der Waals surface area contributed by atoms with Gasteiger partial charge in [-0.05, 0) is 39.8 Å². The molecule has 0 bridgehead atoms. The Bertz CT molecular complexity index is 1620. The Morgan fingerprint density at radius 1 is 1.02 bits per heavy atom. The fourth-order valence-electron chi connectivity index (χ4n) is 6.54. The molecule has 10 heteroatoms. The van der Waals surface area contributed by atoms with E-state index in [9.17, 15) is 14.7 Å². The summed E-state index contributed by atoms with van der Waals surface area (Å²) in [5.74, 6) is 0.753. The van der Waals surface area contributed by atoms with Gasteiger partial charge in [0.2, 0.25) is 5.75 Å². The van der Waals surface area contributed by atoms with Gasteiger partial charge in [-0.2, -0.15) is 0 Å². The van der Waals surface area contributed by atoms with Gasteiger partial charge in [0.05, 0.1) is 18.1 Å². The Morgan fingerprint density at radius 3 is 2.25 bits per heavy atom. The van der Waals surface area contributed by atoms with Gasteiger partial charge in [0.1, 0.15) is 5.76 Å². The highest BCUT2D eigenvalue weighted by molar-refractivity contribution is 6.01. The van der Waals surface area contributed by atoms with Crippen molar-refractivity contribution < 1.29 is 33.6 Å². The van der Waals surface area contributed by atoms with E-state index in [-0.39, 0.29) is 17.4 Å². The number of aromatic hydroxyl groups is 1. The third-order valence-electron chi connectivity index (χ3n) is 9.02. The number of amides is 2. The number of allylic oxidation sites excluding steroid dienone is 1. The van der Waals surface area contributed by atoms with Gasteiger partial charge in [-0.1, -0.05) is 39.0 Å². The van der Waals surface area contributed by atoms with Gasteiger partial charge in [0.15, 0.2) is 23.7 Å². The average Bonchev–Trinajstić information content (AvgIpc) is 2.99. The molecule has 3 unspecified atom stereocenters. The highest BCUT2D eigenvalue weighted by atomic mass is 16.6. The first-order valence-corrected chi connectivity index (χ1v) is 15.4. The maximum absolute atomic E-state index is 13.5. The zero-order chi connectivity index (χ0) is 31.9. The second kappa shape index (κ2) is 12.1. The molecule has 1 aliphatic heterocycles. The lowest BCUT2D eigenvalue weighted by molar-refractivity contribution is -0.0794. The number of rotatable bonds is 7. The third kappa shape index (κ3) is 5.14. The van der Waals surface area contributed by atoms with Gasteiger partial charge in [-0.25, -0.2) is 14.6 Å². The molecule has 5 rings (SSSR count). The third-order valence-corrected chi connectivity index (χ3v) is 9.02. The summed E-state index contributed by atoms with van der Waals surface area (Å²) < 4.78 is 24.9. The van der Waals surface area contributed by atoms with Crippen LogP contribution in [0.25, 0.3) is 21.8 Å². The summed E-state index contributed by atoms with van der Waals surface area (Å²) >= 11 is 0. The number of phenolic OH excluding ortho intramolecular Hbond substituents is 1. The van der Waals surface area contributed by atoms with E-state index in [1.807, 2.05) is 78.8 Å². The number of pyridine rings is 1. The minimum absolute atomic E-state index is 0.0543. The zero-order valence-electron chi connectivity index (χ0n) is 26.9. The van der Waals surface area contributed by atoms with E-state index in [1.165, 1.54) is 7.11 Å². The van der Waals surface area contributed by atoms with Crippen LogP contribution in [0.15, 0.2) is 41.7 Å². The average molecular weight is 606 g/mol. The first kappa shape index (κ1) is 31.2. The van der Waals surface area contributed by atoms with Crippen molar-refractivity contribution in [1.82, 2.24) is 14.8 Å². The second-order valence-corrected chi connectivity index (χ2v) is 12.0. The van der Waals surface area contributed by atoms with Crippen LogP contribution < -0.4 is 9.47 Å². The molecule has 2 heterocycles. The molecular formula is C34H43N3O7. The molecule has 0 fully saturated rings. The molecule has 0 spiro atoms. The van der Waals surface area contributed by atoms with E-state index >= 15 is 0 Å². The molecule has 2 aromatic carbocycles.